The highest BCUT2D eigenvalue weighted by Gasteiger charge is 2.29. The zero-order chi connectivity index (χ0) is 20.9. The van der Waals surface area contributed by atoms with E-state index in [9.17, 15) is 13.2 Å². The lowest BCUT2D eigenvalue weighted by molar-refractivity contribution is -0.129. The van der Waals surface area contributed by atoms with Crippen LogP contribution in [-0.2, 0) is 14.8 Å². The lowest BCUT2D eigenvalue weighted by Gasteiger charge is -2.28. The molecule has 1 saturated heterocycles. The topological polar surface area (TPSA) is 57.7 Å². The van der Waals surface area contributed by atoms with Gasteiger partial charge in [-0.05, 0) is 62.4 Å². The van der Waals surface area contributed by atoms with Crippen LogP contribution in [0, 0.1) is 6.92 Å². The van der Waals surface area contributed by atoms with Crippen molar-refractivity contribution in [2.45, 2.75) is 42.4 Å². The smallest absolute Gasteiger partial charge is 0.264 e. The Labute approximate surface area is 178 Å². The summed E-state index contributed by atoms with van der Waals surface area (Å²) in [6.07, 6.45) is 6.12. The van der Waals surface area contributed by atoms with Gasteiger partial charge < -0.3 is 4.90 Å². The Hall–Kier alpha value is -1.99. The molecule has 5 nitrogen and oxygen atoms in total. The summed E-state index contributed by atoms with van der Waals surface area (Å²) in [7, 11) is -3.86. The van der Waals surface area contributed by atoms with Crippen molar-refractivity contribution < 1.29 is 13.2 Å². The Kier molecular flexibility index (Phi) is 7.24. The van der Waals surface area contributed by atoms with Gasteiger partial charge in [0.2, 0.25) is 5.91 Å². The van der Waals surface area contributed by atoms with E-state index in [4.69, 9.17) is 0 Å². The number of thioether (sulfide) groups is 1. The molecule has 0 radical (unpaired) electrons. The van der Waals surface area contributed by atoms with Gasteiger partial charge >= 0.3 is 0 Å². The molecular formula is C22H28N2O3S2. The molecule has 3 rings (SSSR count). The van der Waals surface area contributed by atoms with Crippen molar-refractivity contribution in [3.63, 3.8) is 0 Å². The van der Waals surface area contributed by atoms with Crippen LogP contribution in [-0.4, -0.2) is 45.1 Å². The quantitative estimate of drug-likeness (QED) is 0.638. The third-order valence-corrected chi connectivity index (χ3v) is 7.74. The number of hydrogen-bond acceptors (Lipinski definition) is 4. The molecular weight excluding hydrogens is 404 g/mol. The summed E-state index contributed by atoms with van der Waals surface area (Å²) in [4.78, 5) is 16.0. The molecule has 1 aliphatic rings. The summed E-state index contributed by atoms with van der Waals surface area (Å²) in [5, 5.41) is 0. The molecule has 0 aliphatic carbocycles. The van der Waals surface area contributed by atoms with Gasteiger partial charge in [0, 0.05) is 18.0 Å². The summed E-state index contributed by atoms with van der Waals surface area (Å²) < 4.78 is 28.1. The molecule has 1 fully saturated rings. The number of aryl methyl sites for hydroxylation is 1. The molecule has 1 heterocycles. The first-order valence-corrected chi connectivity index (χ1v) is 12.6. The van der Waals surface area contributed by atoms with Gasteiger partial charge in [-0.25, -0.2) is 8.42 Å². The molecule has 0 bridgehead atoms. The standard InChI is InChI=1S/C22H28N2O3S2/c1-18-7-9-19(10-8-18)24(17-22(25)23-15-5-3-4-6-16-23)29(26,27)21-13-11-20(28-2)12-14-21/h7-14H,3-6,15-17H2,1-2H3. The van der Waals surface area contributed by atoms with E-state index in [-0.39, 0.29) is 17.3 Å². The van der Waals surface area contributed by atoms with Gasteiger partial charge in [-0.15, -0.1) is 11.8 Å². The largest absolute Gasteiger partial charge is 0.341 e. The third kappa shape index (κ3) is 5.34. The average Bonchev–Trinajstić information content (AvgIpc) is 3.02. The fourth-order valence-electron chi connectivity index (χ4n) is 3.44. The monoisotopic (exact) mass is 432 g/mol. The predicted molar refractivity (Wildman–Crippen MR) is 119 cm³/mol. The second-order valence-electron chi connectivity index (χ2n) is 7.32. The zero-order valence-electron chi connectivity index (χ0n) is 17.0. The first kappa shape index (κ1) is 21.7. The van der Waals surface area contributed by atoms with Crippen LogP contribution in [0.3, 0.4) is 0 Å². The molecule has 7 heteroatoms. The predicted octanol–water partition coefficient (Wildman–Crippen LogP) is 4.31. The summed E-state index contributed by atoms with van der Waals surface area (Å²) in [6.45, 7) is 3.16. The molecule has 0 N–H and O–H groups in total. The summed E-state index contributed by atoms with van der Waals surface area (Å²) in [5.74, 6) is -0.142. The highest BCUT2D eigenvalue weighted by Crippen LogP contribution is 2.26. The SMILES string of the molecule is CSc1ccc(S(=O)(=O)N(CC(=O)N2CCCCCC2)c2ccc(C)cc2)cc1. The van der Waals surface area contributed by atoms with Crippen LogP contribution < -0.4 is 4.31 Å². The normalized spacial score (nSPS) is 15.0. The molecule has 2 aromatic rings. The number of nitrogens with zero attached hydrogens (tertiary/aromatic N) is 2. The van der Waals surface area contributed by atoms with Crippen LogP contribution in [0.1, 0.15) is 31.2 Å². The van der Waals surface area contributed by atoms with Crippen molar-refractivity contribution in [1.29, 1.82) is 0 Å². The zero-order valence-corrected chi connectivity index (χ0v) is 18.6. The van der Waals surface area contributed by atoms with Crippen molar-refractivity contribution in [2.24, 2.45) is 0 Å². The van der Waals surface area contributed by atoms with Gasteiger partial charge in [0.1, 0.15) is 6.54 Å². The molecule has 2 aromatic carbocycles. The molecule has 0 unspecified atom stereocenters. The second-order valence-corrected chi connectivity index (χ2v) is 10.1. The average molecular weight is 433 g/mol. The number of rotatable bonds is 6. The first-order valence-electron chi connectivity index (χ1n) is 9.93. The minimum absolute atomic E-state index is 0.142. The Morgan fingerprint density at radius 1 is 0.966 bits per heavy atom. The van der Waals surface area contributed by atoms with Gasteiger partial charge in [0.25, 0.3) is 10.0 Å². The molecule has 0 aromatic heterocycles. The summed E-state index contributed by atoms with van der Waals surface area (Å²) in [5.41, 5.74) is 1.54. The number of benzene rings is 2. The van der Waals surface area contributed by atoms with Crippen LogP contribution in [0.25, 0.3) is 0 Å². The molecule has 0 atom stereocenters. The maximum atomic E-state index is 13.5. The van der Waals surface area contributed by atoms with E-state index in [2.05, 4.69) is 0 Å². The van der Waals surface area contributed by atoms with Crippen molar-refractivity contribution >= 4 is 33.4 Å². The highest BCUT2D eigenvalue weighted by molar-refractivity contribution is 7.98. The van der Waals surface area contributed by atoms with Crippen LogP contribution in [0.5, 0.6) is 0 Å². The summed E-state index contributed by atoms with van der Waals surface area (Å²) >= 11 is 1.56. The Morgan fingerprint density at radius 2 is 1.55 bits per heavy atom. The Balaban J connectivity index is 1.93. The number of carbonyl (C=O) groups excluding carboxylic acids is 1. The maximum absolute atomic E-state index is 13.5. The molecule has 0 saturated carbocycles. The van der Waals surface area contributed by atoms with Crippen LogP contribution in [0.15, 0.2) is 58.3 Å². The van der Waals surface area contributed by atoms with Gasteiger partial charge in [-0.1, -0.05) is 30.5 Å². The van der Waals surface area contributed by atoms with Crippen molar-refractivity contribution in [1.82, 2.24) is 4.90 Å². The fraction of sp³-hybridized carbons (Fsp3) is 0.409. The third-order valence-electron chi connectivity index (χ3n) is 5.21. The Bertz CT molecular complexity index is 918. The minimum Gasteiger partial charge on any atom is -0.341 e. The summed E-state index contributed by atoms with van der Waals surface area (Å²) in [6, 6.07) is 14.1. The van der Waals surface area contributed by atoms with Crippen LogP contribution in [0.2, 0.25) is 0 Å². The van der Waals surface area contributed by atoms with E-state index < -0.39 is 10.0 Å². The van der Waals surface area contributed by atoms with E-state index in [1.165, 1.54) is 4.31 Å². The van der Waals surface area contributed by atoms with E-state index in [1.54, 1.807) is 53.1 Å². The van der Waals surface area contributed by atoms with E-state index >= 15 is 0 Å². The number of hydrogen-bond donors (Lipinski definition) is 0. The van der Waals surface area contributed by atoms with Crippen molar-refractivity contribution in [2.75, 3.05) is 30.2 Å². The van der Waals surface area contributed by atoms with Crippen molar-refractivity contribution in [3.8, 4) is 0 Å². The van der Waals surface area contributed by atoms with Crippen LogP contribution in [0.4, 0.5) is 5.69 Å². The number of carbonyl (C=O) groups is 1. The number of sulfonamides is 1. The lowest BCUT2D eigenvalue weighted by atomic mass is 10.2. The molecule has 1 amide bonds. The van der Waals surface area contributed by atoms with E-state index in [1.807, 2.05) is 25.3 Å². The highest BCUT2D eigenvalue weighted by atomic mass is 32.2. The second kappa shape index (κ2) is 9.67. The van der Waals surface area contributed by atoms with E-state index in [0.29, 0.717) is 18.8 Å². The van der Waals surface area contributed by atoms with Crippen molar-refractivity contribution in [3.05, 3.63) is 54.1 Å². The van der Waals surface area contributed by atoms with Crippen LogP contribution >= 0.6 is 11.8 Å². The van der Waals surface area contributed by atoms with Gasteiger partial charge in [-0.3, -0.25) is 9.10 Å². The molecule has 29 heavy (non-hydrogen) atoms. The molecule has 156 valence electrons. The van der Waals surface area contributed by atoms with E-state index in [0.717, 1.165) is 36.1 Å². The Morgan fingerprint density at radius 3 is 2.10 bits per heavy atom. The lowest BCUT2D eigenvalue weighted by Crippen LogP contribution is -2.43. The number of anilines is 1. The van der Waals surface area contributed by atoms with Gasteiger partial charge in [0.15, 0.2) is 0 Å². The first-order chi connectivity index (χ1) is 13.9. The van der Waals surface area contributed by atoms with Gasteiger partial charge in [-0.2, -0.15) is 0 Å². The number of likely N-dealkylation sites (tertiary alicyclic amines) is 1. The fourth-order valence-corrected chi connectivity index (χ4v) is 5.27. The molecule has 0 spiro atoms. The van der Waals surface area contributed by atoms with Gasteiger partial charge in [0.05, 0.1) is 10.6 Å². The minimum atomic E-state index is -3.86. The maximum Gasteiger partial charge on any atom is 0.264 e. The number of amides is 1. The molecule has 1 aliphatic heterocycles.